The van der Waals surface area contributed by atoms with Crippen LogP contribution in [0.15, 0.2) is 12.1 Å². The Morgan fingerprint density at radius 2 is 1.85 bits per heavy atom. The first-order chi connectivity index (χ1) is 9.73. The highest BCUT2D eigenvalue weighted by Crippen LogP contribution is 2.33. The topological polar surface area (TPSA) is 47.7 Å². The van der Waals surface area contributed by atoms with Gasteiger partial charge in [0.1, 0.15) is 0 Å². The monoisotopic (exact) mass is 278 g/mol. The molecule has 0 bridgehead atoms. The van der Waals surface area contributed by atoms with Gasteiger partial charge in [-0.15, -0.1) is 0 Å². The third-order valence-corrected chi connectivity index (χ3v) is 4.16. The number of rotatable bonds is 6. The fraction of sp³-hybridized carbons (Fsp3) is 0.625. The van der Waals surface area contributed by atoms with E-state index in [4.69, 9.17) is 15.2 Å². The second-order valence-electron chi connectivity index (χ2n) is 5.37. The second-order valence-corrected chi connectivity index (χ2v) is 5.37. The van der Waals surface area contributed by atoms with E-state index in [-0.39, 0.29) is 0 Å². The molecule has 0 spiro atoms. The maximum Gasteiger partial charge on any atom is 0.161 e. The standard InChI is InChI=1S/C16H26N2O2/c1-4-5-14(10-17)18-7-6-12-8-15(19-2)16(20-3)9-13(12)11-18/h8-9,14H,4-7,10-11,17H2,1-3H3. The van der Waals surface area contributed by atoms with Crippen molar-refractivity contribution in [3.05, 3.63) is 23.3 Å². The molecule has 4 heteroatoms. The van der Waals surface area contributed by atoms with Crippen LogP contribution in [0.3, 0.4) is 0 Å². The van der Waals surface area contributed by atoms with Gasteiger partial charge in [-0.3, -0.25) is 4.90 Å². The number of methoxy groups -OCH3 is 2. The van der Waals surface area contributed by atoms with Gasteiger partial charge in [0.05, 0.1) is 14.2 Å². The molecule has 1 unspecified atom stereocenters. The molecule has 0 aliphatic carbocycles. The van der Waals surface area contributed by atoms with Crippen molar-refractivity contribution in [1.29, 1.82) is 0 Å². The summed E-state index contributed by atoms with van der Waals surface area (Å²) in [4.78, 5) is 2.50. The highest BCUT2D eigenvalue weighted by molar-refractivity contribution is 5.48. The SMILES string of the molecule is CCCC(CN)N1CCc2cc(OC)c(OC)cc2C1. The Morgan fingerprint density at radius 3 is 2.40 bits per heavy atom. The van der Waals surface area contributed by atoms with E-state index in [0.717, 1.165) is 37.6 Å². The van der Waals surface area contributed by atoms with Gasteiger partial charge in [-0.05, 0) is 36.1 Å². The van der Waals surface area contributed by atoms with E-state index in [1.165, 1.54) is 24.0 Å². The number of hydrogen-bond acceptors (Lipinski definition) is 4. The normalized spacial score (nSPS) is 16.6. The molecule has 1 aromatic carbocycles. The lowest BCUT2D eigenvalue weighted by Gasteiger charge is -2.35. The van der Waals surface area contributed by atoms with Crippen LogP contribution in [0, 0.1) is 0 Å². The average molecular weight is 278 g/mol. The molecule has 0 amide bonds. The number of hydrogen-bond donors (Lipinski definition) is 1. The Labute approximate surface area is 121 Å². The maximum absolute atomic E-state index is 5.93. The van der Waals surface area contributed by atoms with Crippen LogP contribution in [-0.2, 0) is 13.0 Å². The van der Waals surface area contributed by atoms with E-state index in [1.54, 1.807) is 14.2 Å². The van der Waals surface area contributed by atoms with Crippen molar-refractivity contribution < 1.29 is 9.47 Å². The summed E-state index contributed by atoms with van der Waals surface area (Å²) in [6.45, 7) is 4.98. The molecule has 1 heterocycles. The summed E-state index contributed by atoms with van der Waals surface area (Å²) in [7, 11) is 3.37. The van der Waals surface area contributed by atoms with Crippen LogP contribution >= 0.6 is 0 Å². The van der Waals surface area contributed by atoms with Crippen LogP contribution in [0.25, 0.3) is 0 Å². The smallest absolute Gasteiger partial charge is 0.161 e. The predicted octanol–water partition coefficient (Wildman–Crippen LogP) is 2.19. The lowest BCUT2D eigenvalue weighted by molar-refractivity contribution is 0.172. The van der Waals surface area contributed by atoms with Crippen LogP contribution < -0.4 is 15.2 Å². The summed E-state index contributed by atoms with van der Waals surface area (Å²) >= 11 is 0. The highest BCUT2D eigenvalue weighted by Gasteiger charge is 2.23. The zero-order valence-electron chi connectivity index (χ0n) is 12.8. The third kappa shape index (κ3) is 3.07. The molecular weight excluding hydrogens is 252 g/mol. The van der Waals surface area contributed by atoms with E-state index >= 15 is 0 Å². The zero-order valence-corrected chi connectivity index (χ0v) is 12.8. The van der Waals surface area contributed by atoms with Crippen molar-refractivity contribution in [3.8, 4) is 11.5 Å². The van der Waals surface area contributed by atoms with Gasteiger partial charge in [0.25, 0.3) is 0 Å². The average Bonchev–Trinajstić information content (AvgIpc) is 2.50. The van der Waals surface area contributed by atoms with Gasteiger partial charge in [0.15, 0.2) is 11.5 Å². The lowest BCUT2D eigenvalue weighted by Crippen LogP contribution is -2.43. The molecule has 0 saturated heterocycles. The molecule has 0 fully saturated rings. The Hall–Kier alpha value is -1.26. The summed E-state index contributed by atoms with van der Waals surface area (Å²) in [6.07, 6.45) is 3.40. The number of benzene rings is 1. The molecule has 0 aromatic heterocycles. The van der Waals surface area contributed by atoms with Gasteiger partial charge in [0.2, 0.25) is 0 Å². The minimum atomic E-state index is 0.487. The highest BCUT2D eigenvalue weighted by atomic mass is 16.5. The summed E-state index contributed by atoms with van der Waals surface area (Å²) in [6, 6.07) is 4.71. The zero-order chi connectivity index (χ0) is 14.5. The summed E-state index contributed by atoms with van der Waals surface area (Å²) in [5.41, 5.74) is 8.63. The summed E-state index contributed by atoms with van der Waals surface area (Å²) in [5.74, 6) is 1.64. The molecule has 0 radical (unpaired) electrons. The molecule has 0 saturated carbocycles. The minimum Gasteiger partial charge on any atom is -0.493 e. The molecule has 2 rings (SSSR count). The van der Waals surface area contributed by atoms with E-state index < -0.39 is 0 Å². The van der Waals surface area contributed by atoms with Crippen molar-refractivity contribution in [3.63, 3.8) is 0 Å². The molecule has 2 N–H and O–H groups in total. The summed E-state index contributed by atoms with van der Waals surface area (Å²) in [5, 5.41) is 0. The molecule has 1 atom stereocenters. The van der Waals surface area contributed by atoms with Crippen molar-refractivity contribution in [2.75, 3.05) is 27.3 Å². The molecule has 4 nitrogen and oxygen atoms in total. The molecule has 1 aliphatic heterocycles. The quantitative estimate of drug-likeness (QED) is 0.866. The van der Waals surface area contributed by atoms with E-state index in [0.29, 0.717) is 6.04 Å². The molecule has 1 aliphatic rings. The maximum atomic E-state index is 5.93. The van der Waals surface area contributed by atoms with Crippen LogP contribution in [-0.4, -0.2) is 38.3 Å². The van der Waals surface area contributed by atoms with Crippen LogP contribution in [0.2, 0.25) is 0 Å². The fourth-order valence-electron chi connectivity index (χ4n) is 3.00. The number of nitrogens with zero attached hydrogens (tertiary/aromatic N) is 1. The largest absolute Gasteiger partial charge is 0.493 e. The molecule has 20 heavy (non-hydrogen) atoms. The van der Waals surface area contributed by atoms with Gasteiger partial charge in [-0.1, -0.05) is 13.3 Å². The van der Waals surface area contributed by atoms with Gasteiger partial charge in [-0.2, -0.15) is 0 Å². The van der Waals surface area contributed by atoms with Crippen molar-refractivity contribution in [1.82, 2.24) is 4.90 Å². The van der Waals surface area contributed by atoms with Crippen LogP contribution in [0.4, 0.5) is 0 Å². The van der Waals surface area contributed by atoms with Crippen molar-refractivity contribution in [2.45, 2.75) is 38.8 Å². The Morgan fingerprint density at radius 1 is 1.20 bits per heavy atom. The van der Waals surface area contributed by atoms with Gasteiger partial charge in [0, 0.05) is 25.7 Å². The third-order valence-electron chi connectivity index (χ3n) is 4.16. The summed E-state index contributed by atoms with van der Waals surface area (Å²) < 4.78 is 10.8. The number of fused-ring (bicyclic) bond motifs is 1. The van der Waals surface area contributed by atoms with Gasteiger partial charge in [-0.25, -0.2) is 0 Å². The first-order valence-corrected chi connectivity index (χ1v) is 7.41. The van der Waals surface area contributed by atoms with Gasteiger partial charge < -0.3 is 15.2 Å². The number of nitrogens with two attached hydrogens (primary N) is 1. The lowest BCUT2D eigenvalue weighted by atomic mass is 9.96. The Balaban J connectivity index is 2.20. The molecule has 1 aromatic rings. The Bertz CT molecular complexity index is 448. The van der Waals surface area contributed by atoms with E-state index in [1.807, 2.05) is 0 Å². The Kier molecular flexibility index (Phi) is 5.26. The second kappa shape index (κ2) is 6.95. The van der Waals surface area contributed by atoms with Gasteiger partial charge >= 0.3 is 0 Å². The van der Waals surface area contributed by atoms with E-state index in [2.05, 4.69) is 24.0 Å². The van der Waals surface area contributed by atoms with Crippen molar-refractivity contribution >= 4 is 0 Å². The molecular formula is C16H26N2O2. The van der Waals surface area contributed by atoms with E-state index in [9.17, 15) is 0 Å². The first kappa shape index (κ1) is 15.1. The minimum absolute atomic E-state index is 0.487. The fourth-order valence-corrected chi connectivity index (χ4v) is 3.00. The predicted molar refractivity (Wildman–Crippen MR) is 81.4 cm³/mol. The van der Waals surface area contributed by atoms with Crippen LogP contribution in [0.1, 0.15) is 30.9 Å². The first-order valence-electron chi connectivity index (χ1n) is 7.41. The van der Waals surface area contributed by atoms with Crippen LogP contribution in [0.5, 0.6) is 11.5 Å². The molecule has 112 valence electrons. The number of ether oxygens (including phenoxy) is 2. The van der Waals surface area contributed by atoms with Crippen molar-refractivity contribution in [2.24, 2.45) is 5.73 Å².